The van der Waals surface area contributed by atoms with Crippen LogP contribution in [-0.4, -0.2) is 34.3 Å². The minimum atomic E-state index is -0.195. The molecule has 5 rings (SSSR count). The molecule has 3 aromatic heterocycles. The molecule has 2 aromatic carbocycles. The van der Waals surface area contributed by atoms with Gasteiger partial charge in [0.05, 0.1) is 16.7 Å². The summed E-state index contributed by atoms with van der Waals surface area (Å²) >= 11 is 6.47. The van der Waals surface area contributed by atoms with Gasteiger partial charge in [0.25, 0.3) is 0 Å². The highest BCUT2D eigenvalue weighted by atomic mass is 35.5. The van der Waals surface area contributed by atoms with Crippen LogP contribution >= 0.6 is 11.6 Å². The van der Waals surface area contributed by atoms with Crippen LogP contribution < -0.4 is 5.32 Å². The lowest BCUT2D eigenvalue weighted by Gasteiger charge is -2.28. The van der Waals surface area contributed by atoms with Crippen molar-refractivity contribution in [1.29, 1.82) is 0 Å². The van der Waals surface area contributed by atoms with Crippen LogP contribution in [0.15, 0.2) is 61.2 Å². The fourth-order valence-electron chi connectivity index (χ4n) is 3.95. The van der Waals surface area contributed by atoms with Gasteiger partial charge in [-0.3, -0.25) is 0 Å². The quantitative estimate of drug-likeness (QED) is 0.330. The van der Waals surface area contributed by atoms with Gasteiger partial charge in [0.1, 0.15) is 18.0 Å². The van der Waals surface area contributed by atoms with Crippen LogP contribution in [0.5, 0.6) is 0 Å². The second-order valence-corrected chi connectivity index (χ2v) is 9.17. The number of rotatable bonds is 6. The lowest BCUT2D eigenvalue weighted by molar-refractivity contribution is 0.356. The molecular formula is C25H25ClN8. The average Bonchev–Trinajstić information content (AvgIpc) is 3.43. The molecule has 172 valence electrons. The molecule has 0 amide bonds. The first-order valence-corrected chi connectivity index (χ1v) is 11.5. The summed E-state index contributed by atoms with van der Waals surface area (Å²) in [4.78, 5) is 17.9. The monoisotopic (exact) mass is 472 g/mol. The third kappa shape index (κ3) is 4.01. The number of hydrogen-bond acceptors (Lipinski definition) is 6. The van der Waals surface area contributed by atoms with Gasteiger partial charge in [0, 0.05) is 34.2 Å². The first-order chi connectivity index (χ1) is 16.4. The van der Waals surface area contributed by atoms with Crippen molar-refractivity contribution in [3.63, 3.8) is 0 Å². The molecule has 1 N–H and O–H groups in total. The minimum absolute atomic E-state index is 0.195. The Morgan fingerprint density at radius 1 is 1.03 bits per heavy atom. The van der Waals surface area contributed by atoms with E-state index in [-0.39, 0.29) is 5.54 Å². The highest BCUT2D eigenvalue weighted by Crippen LogP contribution is 2.37. The normalized spacial score (nSPS) is 11.8. The SMILES string of the molecule is CCC(C)(C)n1c(-c2cc(Cl)ccc2-n2cnc(C)n2)nc2cc(Nc3ncccn3)ccc21. The van der Waals surface area contributed by atoms with Gasteiger partial charge in [0.2, 0.25) is 5.95 Å². The van der Waals surface area contributed by atoms with Gasteiger partial charge in [-0.15, -0.1) is 0 Å². The topological polar surface area (TPSA) is 86.3 Å². The lowest BCUT2D eigenvalue weighted by Crippen LogP contribution is -2.26. The summed E-state index contributed by atoms with van der Waals surface area (Å²) in [6, 6.07) is 13.7. The zero-order valence-electron chi connectivity index (χ0n) is 19.5. The standard InChI is InChI=1S/C25H25ClN8/c1-5-25(3,4)34-22-10-8-18(30-24-27-11-6-12-28-24)14-20(22)31-23(34)19-13-17(26)7-9-21(19)33-15-29-16(2)32-33/h6-15H,5H2,1-4H3,(H,27,28,30). The van der Waals surface area contributed by atoms with Gasteiger partial charge in [-0.05, 0) is 69.7 Å². The Bertz CT molecular complexity index is 1470. The highest BCUT2D eigenvalue weighted by Gasteiger charge is 2.27. The van der Waals surface area contributed by atoms with E-state index in [4.69, 9.17) is 16.6 Å². The zero-order chi connectivity index (χ0) is 23.9. The maximum atomic E-state index is 6.47. The van der Waals surface area contributed by atoms with Crippen molar-refractivity contribution in [3.8, 4) is 17.1 Å². The second-order valence-electron chi connectivity index (χ2n) is 8.74. The van der Waals surface area contributed by atoms with Crippen LogP contribution in [-0.2, 0) is 5.54 Å². The Kier molecular flexibility index (Phi) is 5.53. The molecule has 0 aliphatic heterocycles. The molecule has 0 fully saturated rings. The highest BCUT2D eigenvalue weighted by molar-refractivity contribution is 6.31. The Morgan fingerprint density at radius 3 is 2.53 bits per heavy atom. The molecule has 8 nitrogen and oxygen atoms in total. The summed E-state index contributed by atoms with van der Waals surface area (Å²) in [6.07, 6.45) is 6.04. The van der Waals surface area contributed by atoms with Crippen LogP contribution in [0.25, 0.3) is 28.1 Å². The van der Waals surface area contributed by atoms with E-state index in [9.17, 15) is 0 Å². The van der Waals surface area contributed by atoms with Gasteiger partial charge >= 0.3 is 0 Å². The maximum Gasteiger partial charge on any atom is 0.227 e. The summed E-state index contributed by atoms with van der Waals surface area (Å²) in [5, 5.41) is 8.41. The second kappa shape index (κ2) is 8.53. The predicted octanol–water partition coefficient (Wildman–Crippen LogP) is 5.92. The zero-order valence-corrected chi connectivity index (χ0v) is 20.2. The largest absolute Gasteiger partial charge is 0.324 e. The molecule has 34 heavy (non-hydrogen) atoms. The molecule has 0 saturated carbocycles. The van der Waals surface area contributed by atoms with Gasteiger partial charge < -0.3 is 9.88 Å². The van der Waals surface area contributed by atoms with Gasteiger partial charge in [-0.2, -0.15) is 5.10 Å². The Hall–Kier alpha value is -3.78. The van der Waals surface area contributed by atoms with Crippen LogP contribution in [0.1, 0.15) is 33.0 Å². The molecule has 0 radical (unpaired) electrons. The molecular weight excluding hydrogens is 448 g/mol. The lowest BCUT2D eigenvalue weighted by atomic mass is 10.00. The number of aryl methyl sites for hydroxylation is 1. The molecule has 0 spiro atoms. The predicted molar refractivity (Wildman–Crippen MR) is 135 cm³/mol. The van der Waals surface area contributed by atoms with Crippen molar-refractivity contribution >= 4 is 34.3 Å². The summed E-state index contributed by atoms with van der Waals surface area (Å²) in [7, 11) is 0. The number of halogens is 1. The Morgan fingerprint density at radius 2 is 1.82 bits per heavy atom. The summed E-state index contributed by atoms with van der Waals surface area (Å²) < 4.78 is 4.05. The van der Waals surface area contributed by atoms with Crippen LogP contribution in [0.3, 0.4) is 0 Å². The molecule has 0 bridgehead atoms. The third-order valence-electron chi connectivity index (χ3n) is 6.00. The first kappa shape index (κ1) is 22.0. The number of aromatic nitrogens is 7. The van der Waals surface area contributed by atoms with E-state index >= 15 is 0 Å². The van der Waals surface area contributed by atoms with E-state index in [1.165, 1.54) is 0 Å². The molecule has 0 atom stereocenters. The van der Waals surface area contributed by atoms with Crippen LogP contribution in [0.4, 0.5) is 11.6 Å². The van der Waals surface area contributed by atoms with Gasteiger partial charge in [-0.25, -0.2) is 24.6 Å². The maximum absolute atomic E-state index is 6.47. The molecule has 0 aliphatic carbocycles. The molecule has 0 aliphatic rings. The van der Waals surface area contributed by atoms with Crippen molar-refractivity contribution < 1.29 is 0 Å². The summed E-state index contributed by atoms with van der Waals surface area (Å²) in [6.45, 7) is 8.47. The molecule has 0 unspecified atom stereocenters. The molecule has 0 saturated heterocycles. The number of hydrogen-bond donors (Lipinski definition) is 1. The number of nitrogens with zero attached hydrogens (tertiary/aromatic N) is 7. The minimum Gasteiger partial charge on any atom is -0.324 e. The number of benzene rings is 2. The van der Waals surface area contributed by atoms with Crippen molar-refractivity contribution in [2.24, 2.45) is 0 Å². The van der Waals surface area contributed by atoms with Crippen molar-refractivity contribution in [2.45, 2.75) is 39.7 Å². The van der Waals surface area contributed by atoms with Crippen molar-refractivity contribution in [3.05, 3.63) is 72.0 Å². The van der Waals surface area contributed by atoms with Crippen molar-refractivity contribution in [2.75, 3.05) is 5.32 Å². The summed E-state index contributed by atoms with van der Waals surface area (Å²) in [5.41, 5.74) is 4.31. The number of imidazole rings is 1. The van der Waals surface area contributed by atoms with E-state index in [1.54, 1.807) is 29.5 Å². The van der Waals surface area contributed by atoms with E-state index in [0.29, 0.717) is 16.8 Å². The third-order valence-corrected chi connectivity index (χ3v) is 6.23. The fraction of sp³-hybridized carbons (Fsp3) is 0.240. The van der Waals surface area contributed by atoms with E-state index in [0.717, 1.165) is 40.2 Å². The van der Waals surface area contributed by atoms with Gasteiger partial charge in [-0.1, -0.05) is 18.5 Å². The molecule has 3 heterocycles. The van der Waals surface area contributed by atoms with Crippen LogP contribution in [0.2, 0.25) is 5.02 Å². The number of nitrogens with one attached hydrogen (secondary N) is 1. The Balaban J connectivity index is 1.72. The van der Waals surface area contributed by atoms with E-state index in [2.05, 4.69) is 56.8 Å². The average molecular weight is 473 g/mol. The Labute approximate surface area is 202 Å². The number of anilines is 2. The molecule has 5 aromatic rings. The first-order valence-electron chi connectivity index (χ1n) is 11.1. The fourth-order valence-corrected chi connectivity index (χ4v) is 4.12. The smallest absolute Gasteiger partial charge is 0.227 e. The molecule has 9 heteroatoms. The van der Waals surface area contributed by atoms with Gasteiger partial charge in [0.15, 0.2) is 0 Å². The van der Waals surface area contributed by atoms with E-state index < -0.39 is 0 Å². The van der Waals surface area contributed by atoms with E-state index in [1.807, 2.05) is 37.3 Å². The summed E-state index contributed by atoms with van der Waals surface area (Å²) in [5.74, 6) is 2.05. The van der Waals surface area contributed by atoms with Crippen LogP contribution in [0, 0.1) is 6.92 Å². The van der Waals surface area contributed by atoms with Crippen molar-refractivity contribution in [1.82, 2.24) is 34.3 Å². The number of fused-ring (bicyclic) bond motifs is 1.